The molecule has 0 aliphatic heterocycles. The summed E-state index contributed by atoms with van der Waals surface area (Å²) in [5, 5.41) is 0. The fourth-order valence-electron chi connectivity index (χ4n) is 4.14. The minimum absolute atomic E-state index is 0. The molecule has 5 nitrogen and oxygen atoms in total. The van der Waals surface area contributed by atoms with Crippen LogP contribution in [0.2, 0.25) is 0 Å². The van der Waals surface area contributed by atoms with Crippen molar-refractivity contribution in [2.24, 2.45) is 7.05 Å². The third kappa shape index (κ3) is 4.76. The molecule has 3 aromatic carbocycles. The Morgan fingerprint density at radius 3 is 2.32 bits per heavy atom. The summed E-state index contributed by atoms with van der Waals surface area (Å²) < 4.78 is 10.3. The summed E-state index contributed by atoms with van der Waals surface area (Å²) in [5.74, 6) is 0.580. The molecule has 5 aromatic rings. The summed E-state index contributed by atoms with van der Waals surface area (Å²) in [6.45, 7) is 6.33. The van der Waals surface area contributed by atoms with Crippen molar-refractivity contribution in [3.05, 3.63) is 102 Å². The molecule has 2 heterocycles. The van der Waals surface area contributed by atoms with Crippen LogP contribution in [0.15, 0.2) is 73.3 Å². The predicted octanol–water partition coefficient (Wildman–Crippen LogP) is 6.26. The average molecular weight is 628 g/mol. The number of aromatic nitrogens is 4. The van der Waals surface area contributed by atoms with Gasteiger partial charge in [0.2, 0.25) is 0 Å². The first-order chi connectivity index (χ1) is 16.0. The number of nitrogens with zero attached hydrogens (tertiary/aromatic N) is 4. The van der Waals surface area contributed by atoms with E-state index >= 15 is 0 Å². The van der Waals surface area contributed by atoms with Gasteiger partial charge in [-0.05, 0) is 44.3 Å². The first-order valence-electron chi connectivity index (χ1n) is 10.8. The molecule has 0 saturated heterocycles. The zero-order chi connectivity index (χ0) is 22.9. The molecular weight excluding hydrogens is 603 g/mol. The number of hydrogen-bond donors (Lipinski definition) is 0. The van der Waals surface area contributed by atoms with Crippen LogP contribution >= 0.6 is 0 Å². The van der Waals surface area contributed by atoms with Crippen molar-refractivity contribution >= 4 is 0 Å². The van der Waals surface area contributed by atoms with Crippen molar-refractivity contribution in [3.8, 4) is 40.0 Å². The summed E-state index contributed by atoms with van der Waals surface area (Å²) in [4.78, 5) is 9.26. The smallest absolute Gasteiger partial charge is 0.446 e. The van der Waals surface area contributed by atoms with E-state index in [1.54, 1.807) is 6.33 Å². The maximum Gasteiger partial charge on any atom is 2.00 e. The third-order valence-corrected chi connectivity index (χ3v) is 5.49. The Morgan fingerprint density at radius 1 is 0.882 bits per heavy atom. The van der Waals surface area contributed by atoms with Gasteiger partial charge >= 0.3 is 21.1 Å². The van der Waals surface area contributed by atoms with Crippen LogP contribution in [0, 0.1) is 32.9 Å². The van der Waals surface area contributed by atoms with Gasteiger partial charge in [-0.25, -0.2) is 4.98 Å². The zero-order valence-corrected chi connectivity index (χ0v) is 21.7. The van der Waals surface area contributed by atoms with Crippen molar-refractivity contribution in [2.75, 3.05) is 0 Å². The van der Waals surface area contributed by atoms with Crippen molar-refractivity contribution in [1.29, 1.82) is 0 Å². The molecular formula is C28H24N4OPt. The minimum Gasteiger partial charge on any atom is -0.446 e. The molecule has 5 rings (SSSR count). The van der Waals surface area contributed by atoms with Crippen molar-refractivity contribution in [3.63, 3.8) is 0 Å². The summed E-state index contributed by atoms with van der Waals surface area (Å²) in [6.07, 6.45) is 5.74. The van der Waals surface area contributed by atoms with E-state index in [-0.39, 0.29) is 21.1 Å². The summed E-state index contributed by atoms with van der Waals surface area (Å²) in [7, 11) is 1.95. The third-order valence-electron chi connectivity index (χ3n) is 5.49. The molecule has 2 aromatic heterocycles. The van der Waals surface area contributed by atoms with Gasteiger partial charge in [-0.2, -0.15) is 0 Å². The van der Waals surface area contributed by atoms with Gasteiger partial charge in [0, 0.05) is 24.2 Å². The molecule has 172 valence electrons. The molecule has 0 unspecified atom stereocenters. The molecule has 0 fully saturated rings. The Balaban J connectivity index is 0.00000274. The van der Waals surface area contributed by atoms with E-state index in [0.717, 1.165) is 39.3 Å². The molecule has 0 spiro atoms. The SMILES string of the molecule is Cc1cc(C)c(-n2cc(-c3[c-]cccc3)nc2Oc2[c-]c(-c3cn(C)cn3)ccc2)c(C)c1.[Pt+2]. The van der Waals surface area contributed by atoms with Gasteiger partial charge < -0.3 is 9.30 Å². The van der Waals surface area contributed by atoms with Gasteiger partial charge in [0.05, 0.1) is 12.0 Å². The van der Waals surface area contributed by atoms with Crippen LogP contribution in [0.1, 0.15) is 16.7 Å². The number of ether oxygens (including phenoxy) is 1. The van der Waals surface area contributed by atoms with Crippen LogP contribution in [-0.2, 0) is 28.1 Å². The Morgan fingerprint density at radius 2 is 1.65 bits per heavy atom. The number of hydrogen-bond acceptors (Lipinski definition) is 3. The minimum atomic E-state index is 0. The van der Waals surface area contributed by atoms with Crippen LogP contribution in [0.4, 0.5) is 0 Å². The molecule has 0 bridgehead atoms. The van der Waals surface area contributed by atoms with E-state index in [1.165, 1.54) is 5.56 Å². The summed E-state index contributed by atoms with van der Waals surface area (Å²) in [6, 6.07) is 25.0. The average Bonchev–Trinajstić information content (AvgIpc) is 3.41. The molecule has 0 radical (unpaired) electrons. The molecule has 0 amide bonds. The Labute approximate surface area is 214 Å². The molecule has 34 heavy (non-hydrogen) atoms. The second-order valence-electron chi connectivity index (χ2n) is 8.26. The normalized spacial score (nSPS) is 10.7. The van der Waals surface area contributed by atoms with Gasteiger partial charge in [-0.15, -0.1) is 59.7 Å². The maximum absolute atomic E-state index is 6.32. The molecule has 0 saturated carbocycles. The first-order valence-corrected chi connectivity index (χ1v) is 10.8. The van der Waals surface area contributed by atoms with Gasteiger partial charge in [0.1, 0.15) is 0 Å². The van der Waals surface area contributed by atoms with Gasteiger partial charge in [0.25, 0.3) is 6.01 Å². The molecule has 0 aliphatic carbocycles. The predicted molar refractivity (Wildman–Crippen MR) is 130 cm³/mol. The van der Waals surface area contributed by atoms with E-state index < -0.39 is 0 Å². The second kappa shape index (κ2) is 9.82. The van der Waals surface area contributed by atoms with Crippen molar-refractivity contribution < 1.29 is 25.8 Å². The number of benzene rings is 3. The van der Waals surface area contributed by atoms with Crippen molar-refractivity contribution in [1.82, 2.24) is 19.1 Å². The molecule has 0 aliphatic rings. The van der Waals surface area contributed by atoms with E-state index in [0.29, 0.717) is 11.8 Å². The van der Waals surface area contributed by atoms with Crippen LogP contribution in [0.3, 0.4) is 0 Å². The van der Waals surface area contributed by atoms with Crippen molar-refractivity contribution in [2.45, 2.75) is 20.8 Å². The Bertz CT molecular complexity index is 1410. The second-order valence-corrected chi connectivity index (χ2v) is 8.26. The van der Waals surface area contributed by atoms with Gasteiger partial charge in [0.15, 0.2) is 0 Å². The summed E-state index contributed by atoms with van der Waals surface area (Å²) in [5.41, 5.74) is 8.02. The largest absolute Gasteiger partial charge is 2.00 e. The number of aryl methyl sites for hydroxylation is 4. The van der Waals surface area contributed by atoms with Crippen LogP contribution in [0.5, 0.6) is 11.8 Å². The quantitative estimate of drug-likeness (QED) is 0.217. The first kappa shape index (κ1) is 23.7. The van der Waals surface area contributed by atoms with Crippen LogP contribution in [0.25, 0.3) is 28.2 Å². The fraction of sp³-hybridized carbons (Fsp3) is 0.143. The Hall–Kier alpha value is -3.43. The summed E-state index contributed by atoms with van der Waals surface area (Å²) >= 11 is 0. The molecule has 6 heteroatoms. The van der Waals surface area contributed by atoms with Gasteiger partial charge in [-0.3, -0.25) is 9.55 Å². The van der Waals surface area contributed by atoms with Gasteiger partial charge in [-0.1, -0.05) is 23.8 Å². The Kier molecular flexibility index (Phi) is 6.85. The van der Waals surface area contributed by atoms with E-state index in [1.807, 2.05) is 71.0 Å². The van der Waals surface area contributed by atoms with Crippen LogP contribution < -0.4 is 4.74 Å². The molecule has 0 atom stereocenters. The van der Waals surface area contributed by atoms with E-state index in [9.17, 15) is 0 Å². The number of rotatable bonds is 5. The zero-order valence-electron chi connectivity index (χ0n) is 19.4. The molecule has 0 N–H and O–H groups in total. The standard InChI is InChI=1S/C28H24N4O.Pt/c1-19-13-20(2)27(21(3)14-19)32-17-26(22-9-6-5-7-10-22)30-28(32)33-24-12-8-11-23(15-24)25-16-31(4)18-29-25;/h5-9,11-14,16-18H,1-4H3;/q-2;+2. The fourth-order valence-corrected chi connectivity index (χ4v) is 4.14. The topological polar surface area (TPSA) is 44.9 Å². The maximum atomic E-state index is 6.32. The van der Waals surface area contributed by atoms with Crippen LogP contribution in [-0.4, -0.2) is 19.1 Å². The van der Waals surface area contributed by atoms with E-state index in [2.05, 4.69) is 50.0 Å². The number of imidazole rings is 2. The van der Waals surface area contributed by atoms with E-state index in [4.69, 9.17) is 9.72 Å². The monoisotopic (exact) mass is 627 g/mol.